The molecule has 4 atom stereocenters. The lowest BCUT2D eigenvalue weighted by atomic mass is 10.0. The lowest BCUT2D eigenvalue weighted by molar-refractivity contribution is 0.555. The van der Waals surface area contributed by atoms with Crippen molar-refractivity contribution < 1.29 is 0 Å². The van der Waals surface area contributed by atoms with E-state index in [1.807, 2.05) is 0 Å². The van der Waals surface area contributed by atoms with Gasteiger partial charge >= 0.3 is 0 Å². The Hall–Kier alpha value is -3.38. The first-order valence-corrected chi connectivity index (χ1v) is 20.9. The van der Waals surface area contributed by atoms with E-state index in [0.29, 0.717) is 0 Å². The number of rotatable bonds is 6. The molecular weight excluding hydrogens is 625 g/mol. The van der Waals surface area contributed by atoms with E-state index in [1.165, 1.54) is 83.0 Å². The monoisotopic (exact) mass is 703 g/mol. The molecule has 0 heterocycles. The lowest BCUT2D eigenvalue weighted by Gasteiger charge is -2.02. The molecule has 4 aromatic rings. The van der Waals surface area contributed by atoms with Crippen LogP contribution in [0.2, 0.25) is 0 Å². The van der Waals surface area contributed by atoms with Gasteiger partial charge in [-0.2, -0.15) is 0 Å². The summed E-state index contributed by atoms with van der Waals surface area (Å²) in [7, 11) is 0. The second-order valence-corrected chi connectivity index (χ2v) is 15.3. The highest BCUT2D eigenvalue weighted by molar-refractivity contribution is 5.28. The molecule has 4 aromatic carbocycles. The van der Waals surface area contributed by atoms with E-state index < -0.39 is 0 Å². The smallest absolute Gasteiger partial charge is 0.0256 e. The van der Waals surface area contributed by atoms with E-state index in [9.17, 15) is 0 Å². The van der Waals surface area contributed by atoms with Gasteiger partial charge in [0.05, 0.1) is 0 Å². The molecule has 2 aliphatic rings. The van der Waals surface area contributed by atoms with Crippen LogP contribution in [0.5, 0.6) is 0 Å². The van der Waals surface area contributed by atoms with Gasteiger partial charge < -0.3 is 0 Å². The minimum Gasteiger partial charge on any atom is -0.0854 e. The van der Waals surface area contributed by atoms with Gasteiger partial charge in [-0.05, 0) is 134 Å². The first-order valence-electron chi connectivity index (χ1n) is 20.9. The Labute approximate surface area is 323 Å². The summed E-state index contributed by atoms with van der Waals surface area (Å²) in [4.78, 5) is 0. The number of allylic oxidation sites excluding steroid dienone is 2. The quantitative estimate of drug-likeness (QED) is 0.175. The van der Waals surface area contributed by atoms with Gasteiger partial charge in [-0.25, -0.2) is 0 Å². The van der Waals surface area contributed by atoms with Crippen molar-refractivity contribution in [1.29, 1.82) is 0 Å². The molecule has 0 bridgehead atoms. The van der Waals surface area contributed by atoms with E-state index >= 15 is 0 Å². The standard InChI is InChI=1S/2C10H14.2C9H12.C7H14.C7H12/c1-3-6-10-8-5-4-7-9(10)2;1-3-9-7-5-6-8-10(9)4-2;2*1-3-9-7-5-4-6-8(9)2;2*1-6-3-4-7(2)5-6/h4-5,7-8H,3,6H2,1-2H3;5-8H,3-4H2,1-2H3;2*4-7H,3H2,1-2H3;6-7H,3-5H2,1-2H3;3-4,6-7H,5H2,1-2H3. The minimum absolute atomic E-state index is 0.843. The average molecular weight is 703 g/mol. The molecule has 6 rings (SSSR count). The van der Waals surface area contributed by atoms with Crippen LogP contribution in [0, 0.1) is 44.4 Å². The summed E-state index contributed by atoms with van der Waals surface area (Å²) < 4.78 is 0. The van der Waals surface area contributed by atoms with Crippen molar-refractivity contribution in [2.75, 3.05) is 0 Å². The molecule has 2 aliphatic carbocycles. The maximum absolute atomic E-state index is 2.35. The van der Waals surface area contributed by atoms with Gasteiger partial charge in [0.1, 0.15) is 0 Å². The molecule has 0 N–H and O–H groups in total. The maximum Gasteiger partial charge on any atom is -0.0256 e. The Morgan fingerprint density at radius 3 is 0.923 bits per heavy atom. The van der Waals surface area contributed by atoms with Crippen LogP contribution in [0.4, 0.5) is 0 Å². The summed E-state index contributed by atoms with van der Waals surface area (Å²) >= 11 is 0. The van der Waals surface area contributed by atoms with Crippen molar-refractivity contribution in [3.63, 3.8) is 0 Å². The highest BCUT2D eigenvalue weighted by Gasteiger charge is 2.16. The molecule has 1 fully saturated rings. The third-order valence-corrected chi connectivity index (χ3v) is 10.4. The molecule has 4 unspecified atom stereocenters. The third kappa shape index (κ3) is 20.0. The second-order valence-electron chi connectivity index (χ2n) is 15.3. The van der Waals surface area contributed by atoms with Crippen molar-refractivity contribution in [3.8, 4) is 0 Å². The fourth-order valence-electron chi connectivity index (χ4n) is 7.04. The summed E-state index contributed by atoms with van der Waals surface area (Å²) in [6.07, 6.45) is 17.4. The normalized spacial score (nSPS) is 18.1. The van der Waals surface area contributed by atoms with E-state index in [4.69, 9.17) is 0 Å². The predicted octanol–water partition coefficient (Wildman–Crippen LogP) is 15.5. The average Bonchev–Trinajstić information content (AvgIpc) is 3.74. The Balaban J connectivity index is 0.000000314. The van der Waals surface area contributed by atoms with Crippen LogP contribution >= 0.6 is 0 Å². The summed E-state index contributed by atoms with van der Waals surface area (Å²) in [5.74, 6) is 3.73. The summed E-state index contributed by atoms with van der Waals surface area (Å²) in [6.45, 7) is 26.7. The van der Waals surface area contributed by atoms with Gasteiger partial charge in [0, 0.05) is 0 Å². The largest absolute Gasteiger partial charge is 0.0854 e. The van der Waals surface area contributed by atoms with E-state index in [-0.39, 0.29) is 0 Å². The molecular formula is C52H78. The third-order valence-electron chi connectivity index (χ3n) is 10.4. The Morgan fingerprint density at radius 2 is 0.712 bits per heavy atom. The highest BCUT2D eigenvalue weighted by Crippen LogP contribution is 2.29. The van der Waals surface area contributed by atoms with Crippen LogP contribution in [-0.2, 0) is 32.1 Å². The molecule has 52 heavy (non-hydrogen) atoms. The first kappa shape index (κ1) is 46.6. The van der Waals surface area contributed by atoms with Gasteiger partial charge in [-0.15, -0.1) is 0 Å². The van der Waals surface area contributed by atoms with Crippen LogP contribution in [-0.4, -0.2) is 0 Å². The van der Waals surface area contributed by atoms with Crippen LogP contribution < -0.4 is 0 Å². The van der Waals surface area contributed by atoms with Gasteiger partial charge in [-0.1, -0.05) is 191 Å². The van der Waals surface area contributed by atoms with Crippen molar-refractivity contribution >= 4 is 0 Å². The summed E-state index contributed by atoms with van der Waals surface area (Å²) in [6, 6.07) is 34.2. The van der Waals surface area contributed by atoms with Gasteiger partial charge in [0.15, 0.2) is 0 Å². The van der Waals surface area contributed by atoms with Crippen LogP contribution in [0.3, 0.4) is 0 Å². The minimum atomic E-state index is 0.843. The zero-order valence-corrected chi connectivity index (χ0v) is 35.8. The molecule has 286 valence electrons. The van der Waals surface area contributed by atoms with Crippen molar-refractivity contribution in [1.82, 2.24) is 0 Å². The van der Waals surface area contributed by atoms with Gasteiger partial charge in [-0.3, -0.25) is 0 Å². The molecule has 0 nitrogen and oxygen atoms in total. The molecule has 0 radical (unpaired) electrons. The van der Waals surface area contributed by atoms with Crippen LogP contribution in [0.1, 0.15) is 139 Å². The fraction of sp³-hybridized carbons (Fsp3) is 0.500. The SMILES string of the molecule is CC1C=CC(C)C1.CC1CCC(C)C1.CCCc1ccccc1C.CCc1ccccc1C.CCc1ccccc1C.CCc1ccccc1CC. The van der Waals surface area contributed by atoms with E-state index in [1.54, 1.807) is 0 Å². The molecule has 1 saturated carbocycles. The Kier molecular flexibility index (Phi) is 25.3. The Bertz CT molecular complexity index is 1400. The topological polar surface area (TPSA) is 0 Å². The molecule has 0 saturated heterocycles. The zero-order chi connectivity index (χ0) is 38.7. The summed E-state index contributed by atoms with van der Waals surface area (Å²) in [5.41, 5.74) is 11.6. The first-order chi connectivity index (χ1) is 25.0. The number of hydrogen-bond acceptors (Lipinski definition) is 0. The Morgan fingerprint density at radius 1 is 0.404 bits per heavy atom. The molecule has 0 aromatic heterocycles. The van der Waals surface area contributed by atoms with Crippen LogP contribution in [0.25, 0.3) is 0 Å². The van der Waals surface area contributed by atoms with Crippen molar-refractivity contribution in [2.24, 2.45) is 23.7 Å². The highest BCUT2D eigenvalue weighted by atomic mass is 14.2. The number of benzene rings is 4. The van der Waals surface area contributed by atoms with Gasteiger partial charge in [0.2, 0.25) is 0 Å². The van der Waals surface area contributed by atoms with Crippen molar-refractivity contribution in [3.05, 3.63) is 154 Å². The van der Waals surface area contributed by atoms with Crippen LogP contribution in [0.15, 0.2) is 109 Å². The van der Waals surface area contributed by atoms with Crippen molar-refractivity contribution in [2.45, 2.75) is 147 Å². The molecule has 0 heteroatoms. The molecule has 0 spiro atoms. The lowest BCUT2D eigenvalue weighted by Crippen LogP contribution is -1.88. The fourth-order valence-corrected chi connectivity index (χ4v) is 7.04. The maximum atomic E-state index is 2.35. The predicted molar refractivity (Wildman–Crippen MR) is 236 cm³/mol. The van der Waals surface area contributed by atoms with E-state index in [2.05, 4.69) is 192 Å². The van der Waals surface area contributed by atoms with E-state index in [0.717, 1.165) is 49.4 Å². The summed E-state index contributed by atoms with van der Waals surface area (Å²) in [5, 5.41) is 0. The second kappa shape index (κ2) is 28.2. The molecule has 0 aliphatic heterocycles. The molecule has 0 amide bonds. The number of hydrogen-bond donors (Lipinski definition) is 0. The van der Waals surface area contributed by atoms with Gasteiger partial charge in [0.25, 0.3) is 0 Å². The zero-order valence-electron chi connectivity index (χ0n) is 35.8. The number of aryl methyl sites for hydroxylation is 8.